The van der Waals surface area contributed by atoms with Gasteiger partial charge in [-0.3, -0.25) is 4.72 Å². The van der Waals surface area contributed by atoms with Gasteiger partial charge in [-0.05, 0) is 75.0 Å². The molecule has 2 aliphatic rings. The number of anilines is 2. The van der Waals surface area contributed by atoms with Gasteiger partial charge in [0.2, 0.25) is 0 Å². The molecule has 0 saturated carbocycles. The summed E-state index contributed by atoms with van der Waals surface area (Å²) >= 11 is 0. The van der Waals surface area contributed by atoms with Crippen LogP contribution in [0.5, 0.6) is 0 Å². The van der Waals surface area contributed by atoms with E-state index in [1.807, 2.05) is 0 Å². The molecule has 7 nitrogen and oxygen atoms in total. The highest BCUT2D eigenvalue weighted by molar-refractivity contribution is 7.92. The lowest BCUT2D eigenvalue weighted by atomic mass is 9.96. The topological polar surface area (TPSA) is 89.9 Å². The first-order chi connectivity index (χ1) is 14.9. The van der Waals surface area contributed by atoms with E-state index in [0.717, 1.165) is 45.6 Å². The number of nitrogens with zero attached hydrogens (tertiary/aromatic N) is 2. The van der Waals surface area contributed by atoms with Gasteiger partial charge in [-0.1, -0.05) is 18.2 Å². The van der Waals surface area contributed by atoms with Crippen molar-refractivity contribution in [3.8, 4) is 0 Å². The van der Waals surface area contributed by atoms with Gasteiger partial charge in [-0.2, -0.15) is 0 Å². The Kier molecular flexibility index (Phi) is 6.48. The van der Waals surface area contributed by atoms with Crippen LogP contribution in [-0.2, 0) is 10.0 Å². The second-order valence-corrected chi connectivity index (χ2v) is 10.1. The maximum Gasteiger partial charge on any atom is 0.337 e. The SMILES string of the molecule is O=C(O)c1cc(NS(=O)(=O)c2ccccc2)ccc1N1CCC[C@H](CN2CCCC2)C1. The number of likely N-dealkylation sites (tertiary alicyclic amines) is 1. The van der Waals surface area contributed by atoms with Crippen LogP contribution in [0.2, 0.25) is 0 Å². The van der Waals surface area contributed by atoms with E-state index >= 15 is 0 Å². The summed E-state index contributed by atoms with van der Waals surface area (Å²) in [5, 5.41) is 9.82. The lowest BCUT2D eigenvalue weighted by Gasteiger charge is -2.36. The summed E-state index contributed by atoms with van der Waals surface area (Å²) in [5.41, 5.74) is 1.02. The molecule has 0 bridgehead atoms. The van der Waals surface area contributed by atoms with Gasteiger partial charge < -0.3 is 14.9 Å². The first-order valence-corrected chi connectivity index (χ1v) is 12.3. The standard InChI is InChI=1S/C23H29N3O4S/c27-23(28)21-15-19(24-31(29,30)20-8-2-1-3-9-20)10-11-22(21)26-14-6-7-18(17-26)16-25-12-4-5-13-25/h1-3,8-11,15,18,24H,4-7,12-14,16-17H2,(H,27,28)/t18-/m1/s1. The number of rotatable bonds is 7. The molecule has 0 spiro atoms. The second kappa shape index (κ2) is 9.28. The fraction of sp³-hybridized carbons (Fsp3) is 0.435. The molecule has 2 saturated heterocycles. The van der Waals surface area contributed by atoms with Gasteiger partial charge in [0.25, 0.3) is 10.0 Å². The highest BCUT2D eigenvalue weighted by Gasteiger charge is 2.26. The molecule has 31 heavy (non-hydrogen) atoms. The average Bonchev–Trinajstić information content (AvgIpc) is 3.27. The minimum atomic E-state index is -3.78. The van der Waals surface area contributed by atoms with Crippen LogP contribution in [0, 0.1) is 5.92 Å². The predicted molar refractivity (Wildman–Crippen MR) is 121 cm³/mol. The van der Waals surface area contributed by atoms with Gasteiger partial charge in [0.05, 0.1) is 16.1 Å². The monoisotopic (exact) mass is 443 g/mol. The van der Waals surface area contributed by atoms with Crippen LogP contribution in [0.3, 0.4) is 0 Å². The average molecular weight is 444 g/mol. The Labute approximate surface area is 183 Å². The van der Waals surface area contributed by atoms with Crippen molar-refractivity contribution >= 4 is 27.4 Å². The lowest BCUT2D eigenvalue weighted by molar-refractivity contribution is 0.0697. The van der Waals surface area contributed by atoms with Crippen LogP contribution in [0.1, 0.15) is 36.0 Å². The zero-order chi connectivity index (χ0) is 21.8. The summed E-state index contributed by atoms with van der Waals surface area (Å²) < 4.78 is 27.7. The zero-order valence-corrected chi connectivity index (χ0v) is 18.4. The van der Waals surface area contributed by atoms with Crippen molar-refractivity contribution in [1.29, 1.82) is 0 Å². The van der Waals surface area contributed by atoms with E-state index in [2.05, 4.69) is 14.5 Å². The summed E-state index contributed by atoms with van der Waals surface area (Å²) in [6.45, 7) is 5.02. The van der Waals surface area contributed by atoms with Crippen molar-refractivity contribution in [3.05, 3.63) is 54.1 Å². The first-order valence-electron chi connectivity index (χ1n) is 10.8. The van der Waals surface area contributed by atoms with Crippen molar-refractivity contribution in [3.63, 3.8) is 0 Å². The van der Waals surface area contributed by atoms with E-state index in [0.29, 0.717) is 11.6 Å². The quantitative estimate of drug-likeness (QED) is 0.681. The van der Waals surface area contributed by atoms with E-state index < -0.39 is 16.0 Å². The molecule has 1 atom stereocenters. The number of hydrogen-bond donors (Lipinski definition) is 2. The summed E-state index contributed by atoms with van der Waals surface area (Å²) in [5.74, 6) is -0.540. The molecule has 2 aromatic carbocycles. The third-order valence-electron chi connectivity index (χ3n) is 6.11. The summed E-state index contributed by atoms with van der Waals surface area (Å²) in [6, 6.07) is 12.8. The van der Waals surface area contributed by atoms with Crippen LogP contribution in [0.25, 0.3) is 0 Å². The van der Waals surface area contributed by atoms with Crippen molar-refractivity contribution in [1.82, 2.24) is 4.90 Å². The Balaban J connectivity index is 1.52. The maximum atomic E-state index is 12.6. The van der Waals surface area contributed by atoms with Gasteiger partial charge in [-0.15, -0.1) is 0 Å². The minimum Gasteiger partial charge on any atom is -0.478 e. The predicted octanol–water partition coefficient (Wildman–Crippen LogP) is 3.50. The van der Waals surface area contributed by atoms with Crippen LogP contribution in [0.4, 0.5) is 11.4 Å². The fourth-order valence-corrected chi connectivity index (χ4v) is 5.69. The third-order valence-corrected chi connectivity index (χ3v) is 7.50. The van der Waals surface area contributed by atoms with Crippen molar-refractivity contribution in [2.45, 2.75) is 30.6 Å². The van der Waals surface area contributed by atoms with Gasteiger partial charge in [0, 0.05) is 25.3 Å². The molecular weight excluding hydrogens is 414 g/mol. The molecule has 0 aromatic heterocycles. The number of piperidine rings is 1. The Morgan fingerprint density at radius 3 is 2.48 bits per heavy atom. The highest BCUT2D eigenvalue weighted by Crippen LogP contribution is 2.30. The van der Waals surface area contributed by atoms with E-state index in [9.17, 15) is 18.3 Å². The number of hydrogen-bond acceptors (Lipinski definition) is 5. The number of nitrogens with one attached hydrogen (secondary N) is 1. The molecule has 4 rings (SSSR count). The van der Waals surface area contributed by atoms with E-state index in [-0.39, 0.29) is 16.1 Å². The van der Waals surface area contributed by atoms with Gasteiger partial charge >= 0.3 is 5.97 Å². The van der Waals surface area contributed by atoms with Gasteiger partial charge in [0.15, 0.2) is 0 Å². The number of carbonyl (C=O) groups is 1. The highest BCUT2D eigenvalue weighted by atomic mass is 32.2. The van der Waals surface area contributed by atoms with E-state index in [1.165, 1.54) is 31.0 Å². The van der Waals surface area contributed by atoms with Crippen LogP contribution in [0.15, 0.2) is 53.4 Å². The van der Waals surface area contributed by atoms with Crippen molar-refractivity contribution < 1.29 is 18.3 Å². The Hall–Kier alpha value is -2.58. The van der Waals surface area contributed by atoms with E-state index in [4.69, 9.17) is 0 Å². The molecule has 0 aliphatic carbocycles. The number of carboxylic acid groups (broad SMARTS) is 1. The lowest BCUT2D eigenvalue weighted by Crippen LogP contribution is -2.41. The number of benzene rings is 2. The van der Waals surface area contributed by atoms with Crippen LogP contribution < -0.4 is 9.62 Å². The number of sulfonamides is 1. The number of carboxylic acids is 1. The normalized spacial score (nSPS) is 20.0. The van der Waals surface area contributed by atoms with Crippen LogP contribution in [-0.4, -0.2) is 57.1 Å². The van der Waals surface area contributed by atoms with Gasteiger partial charge in [-0.25, -0.2) is 13.2 Å². The van der Waals surface area contributed by atoms with E-state index in [1.54, 1.807) is 30.3 Å². The summed E-state index contributed by atoms with van der Waals surface area (Å²) in [4.78, 5) is 16.8. The Morgan fingerprint density at radius 2 is 1.77 bits per heavy atom. The molecular formula is C23H29N3O4S. The first kappa shape index (κ1) is 21.6. The molecule has 2 N–H and O–H groups in total. The molecule has 2 fully saturated rings. The number of aromatic carboxylic acids is 1. The van der Waals surface area contributed by atoms with Crippen LogP contribution >= 0.6 is 0 Å². The van der Waals surface area contributed by atoms with Crippen molar-refractivity contribution in [2.24, 2.45) is 5.92 Å². The Bertz CT molecular complexity index is 1020. The second-order valence-electron chi connectivity index (χ2n) is 8.42. The Morgan fingerprint density at radius 1 is 1.03 bits per heavy atom. The minimum absolute atomic E-state index is 0.120. The fourth-order valence-electron chi connectivity index (χ4n) is 4.62. The molecule has 166 valence electrons. The largest absolute Gasteiger partial charge is 0.478 e. The van der Waals surface area contributed by atoms with Gasteiger partial charge in [0.1, 0.15) is 0 Å². The third kappa shape index (κ3) is 5.19. The summed E-state index contributed by atoms with van der Waals surface area (Å²) in [7, 11) is -3.78. The summed E-state index contributed by atoms with van der Waals surface area (Å²) in [6.07, 6.45) is 4.71. The molecule has 0 unspecified atom stereocenters. The molecule has 8 heteroatoms. The maximum absolute atomic E-state index is 12.6. The molecule has 2 aromatic rings. The van der Waals surface area contributed by atoms with Crippen molar-refractivity contribution in [2.75, 3.05) is 42.3 Å². The zero-order valence-electron chi connectivity index (χ0n) is 17.5. The molecule has 0 radical (unpaired) electrons. The molecule has 2 heterocycles. The molecule has 0 amide bonds. The molecule has 2 aliphatic heterocycles. The smallest absolute Gasteiger partial charge is 0.337 e.